The van der Waals surface area contributed by atoms with Gasteiger partial charge in [-0.1, -0.05) is 18.2 Å². The van der Waals surface area contributed by atoms with Gasteiger partial charge < -0.3 is 0 Å². The van der Waals surface area contributed by atoms with Gasteiger partial charge in [-0.3, -0.25) is 0 Å². The van der Waals surface area contributed by atoms with Gasteiger partial charge in [0.15, 0.2) is 0 Å². The van der Waals surface area contributed by atoms with E-state index in [-0.39, 0.29) is 17.3 Å². The Hall–Kier alpha value is -0.250. The van der Waals surface area contributed by atoms with Crippen LogP contribution in [0.5, 0.6) is 0 Å². The molecule has 0 radical (unpaired) electrons. The number of hydrogen-bond acceptors (Lipinski definition) is 2. The predicted molar refractivity (Wildman–Crippen MR) is 51.5 cm³/mol. The molecule has 12 heavy (non-hydrogen) atoms. The van der Waals surface area contributed by atoms with E-state index in [1.54, 1.807) is 25.1 Å². The van der Waals surface area contributed by atoms with Gasteiger partial charge >= 0.3 is 0 Å². The lowest BCUT2D eigenvalue weighted by atomic mass is 10.2. The summed E-state index contributed by atoms with van der Waals surface area (Å²) in [6.07, 6.45) is 0. The van der Waals surface area contributed by atoms with Crippen LogP contribution in [0.15, 0.2) is 29.2 Å². The lowest BCUT2D eigenvalue weighted by Crippen LogP contribution is -1.92. The van der Waals surface area contributed by atoms with Crippen LogP contribution in [0.3, 0.4) is 0 Å². The van der Waals surface area contributed by atoms with Crippen LogP contribution >= 0.6 is 23.1 Å². The zero-order chi connectivity index (χ0) is 8.48. The van der Waals surface area contributed by atoms with Crippen LogP contribution in [-0.4, -0.2) is 8.42 Å². The second-order valence-electron chi connectivity index (χ2n) is 2.20. The molecule has 0 amide bonds. The van der Waals surface area contributed by atoms with E-state index in [1.165, 1.54) is 6.07 Å². The summed E-state index contributed by atoms with van der Waals surface area (Å²) >= 11 is 0. The highest BCUT2D eigenvalue weighted by Gasteiger charge is 2.10. The molecule has 0 aromatic heterocycles. The van der Waals surface area contributed by atoms with Crippen molar-refractivity contribution in [1.29, 1.82) is 0 Å². The maximum absolute atomic E-state index is 10.8. The summed E-state index contributed by atoms with van der Waals surface area (Å²) in [6, 6.07) is 6.59. The maximum atomic E-state index is 10.8. The Kier molecular flexibility index (Phi) is 4.03. The molecule has 0 bridgehead atoms. The summed E-state index contributed by atoms with van der Waals surface area (Å²) in [5.41, 5.74) is 0.669. The fourth-order valence-electron chi connectivity index (χ4n) is 0.830. The number of rotatable bonds is 1. The smallest absolute Gasteiger partial charge is 0.207 e. The Morgan fingerprint density at radius 2 is 1.75 bits per heavy atom. The van der Waals surface area contributed by atoms with Gasteiger partial charge in [0, 0.05) is 10.7 Å². The molecule has 0 spiro atoms. The van der Waals surface area contributed by atoms with E-state index in [0.29, 0.717) is 5.56 Å². The van der Waals surface area contributed by atoms with Gasteiger partial charge in [0.2, 0.25) is 0 Å². The van der Waals surface area contributed by atoms with Gasteiger partial charge in [0.25, 0.3) is 9.05 Å². The molecule has 0 atom stereocenters. The third-order valence-corrected chi connectivity index (χ3v) is 2.84. The zero-order valence-corrected chi connectivity index (χ0v) is 8.71. The van der Waals surface area contributed by atoms with E-state index in [1.807, 2.05) is 0 Å². The molecule has 0 fully saturated rings. The molecular weight excluding hydrogens is 219 g/mol. The number of halogens is 2. The Bertz CT molecular complexity index is 359. The molecule has 0 heterocycles. The van der Waals surface area contributed by atoms with E-state index >= 15 is 0 Å². The molecular formula is C7H8Cl2O2S. The van der Waals surface area contributed by atoms with E-state index in [9.17, 15) is 8.42 Å². The molecule has 2 nitrogen and oxygen atoms in total. The predicted octanol–water partition coefficient (Wildman–Crippen LogP) is 2.34. The SMILES string of the molecule is Cc1ccccc1S(=O)(=O)Cl.Cl. The van der Waals surface area contributed by atoms with Gasteiger partial charge in [-0.2, -0.15) is 0 Å². The van der Waals surface area contributed by atoms with Crippen molar-refractivity contribution in [2.24, 2.45) is 0 Å². The molecule has 0 aliphatic rings. The van der Waals surface area contributed by atoms with Crippen LogP contribution in [0.25, 0.3) is 0 Å². The molecule has 0 saturated heterocycles. The Labute approximate surface area is 82.4 Å². The number of aryl methyl sites for hydroxylation is 1. The third kappa shape index (κ3) is 2.66. The van der Waals surface area contributed by atoms with Crippen molar-refractivity contribution in [3.8, 4) is 0 Å². The van der Waals surface area contributed by atoms with Crippen molar-refractivity contribution in [3.05, 3.63) is 29.8 Å². The van der Waals surface area contributed by atoms with Crippen LogP contribution in [-0.2, 0) is 9.05 Å². The van der Waals surface area contributed by atoms with Gasteiger partial charge in [-0.15, -0.1) is 12.4 Å². The van der Waals surface area contributed by atoms with Gasteiger partial charge in [-0.05, 0) is 18.6 Å². The first kappa shape index (κ1) is 11.8. The van der Waals surface area contributed by atoms with Gasteiger partial charge in [0.05, 0.1) is 4.90 Å². The topological polar surface area (TPSA) is 34.1 Å². The molecule has 1 rings (SSSR count). The van der Waals surface area contributed by atoms with Crippen LogP contribution in [0.1, 0.15) is 5.56 Å². The monoisotopic (exact) mass is 226 g/mol. The molecule has 0 unspecified atom stereocenters. The minimum Gasteiger partial charge on any atom is -0.207 e. The minimum absolute atomic E-state index is 0. The highest BCUT2D eigenvalue weighted by molar-refractivity contribution is 8.13. The average molecular weight is 227 g/mol. The van der Waals surface area contributed by atoms with Crippen LogP contribution in [0.4, 0.5) is 0 Å². The van der Waals surface area contributed by atoms with Crippen molar-refractivity contribution < 1.29 is 8.42 Å². The summed E-state index contributed by atoms with van der Waals surface area (Å²) in [4.78, 5) is 0.182. The largest absolute Gasteiger partial charge is 0.261 e. The first-order valence-electron chi connectivity index (χ1n) is 3.02. The first-order chi connectivity index (χ1) is 5.02. The summed E-state index contributed by atoms with van der Waals surface area (Å²) in [5, 5.41) is 0. The Morgan fingerprint density at radius 3 is 2.08 bits per heavy atom. The summed E-state index contributed by atoms with van der Waals surface area (Å²) < 4.78 is 21.6. The highest BCUT2D eigenvalue weighted by Crippen LogP contribution is 2.17. The molecule has 5 heteroatoms. The lowest BCUT2D eigenvalue weighted by Gasteiger charge is -1.98. The lowest BCUT2D eigenvalue weighted by molar-refractivity contribution is 0.609. The van der Waals surface area contributed by atoms with E-state index in [0.717, 1.165) is 0 Å². The minimum atomic E-state index is -3.56. The fraction of sp³-hybridized carbons (Fsp3) is 0.143. The van der Waals surface area contributed by atoms with Crippen molar-refractivity contribution in [2.45, 2.75) is 11.8 Å². The summed E-state index contributed by atoms with van der Waals surface area (Å²) in [5.74, 6) is 0. The molecule has 0 aliphatic heterocycles. The number of benzene rings is 1. The second kappa shape index (κ2) is 4.12. The Morgan fingerprint density at radius 1 is 1.25 bits per heavy atom. The van der Waals surface area contributed by atoms with Crippen molar-refractivity contribution in [3.63, 3.8) is 0 Å². The van der Waals surface area contributed by atoms with Crippen LogP contribution < -0.4 is 0 Å². The molecule has 0 aliphatic carbocycles. The normalized spacial score (nSPS) is 10.5. The average Bonchev–Trinajstić information content (AvgIpc) is 1.86. The summed E-state index contributed by atoms with van der Waals surface area (Å²) in [6.45, 7) is 1.70. The Balaban J connectivity index is 0.00000121. The maximum Gasteiger partial charge on any atom is 0.261 e. The van der Waals surface area contributed by atoms with E-state index < -0.39 is 9.05 Å². The second-order valence-corrected chi connectivity index (χ2v) is 4.74. The van der Waals surface area contributed by atoms with Crippen LogP contribution in [0.2, 0.25) is 0 Å². The van der Waals surface area contributed by atoms with Crippen molar-refractivity contribution in [1.82, 2.24) is 0 Å². The molecule has 68 valence electrons. The van der Waals surface area contributed by atoms with Gasteiger partial charge in [0.1, 0.15) is 0 Å². The summed E-state index contributed by atoms with van der Waals surface area (Å²) in [7, 11) is 1.57. The van der Waals surface area contributed by atoms with E-state index in [2.05, 4.69) is 0 Å². The standard InChI is InChI=1S/C7H7ClO2S.ClH/c1-6-4-2-3-5-7(6)11(8,9)10;/h2-5H,1H3;1H. The first-order valence-corrected chi connectivity index (χ1v) is 5.33. The molecule has 0 N–H and O–H groups in total. The molecule has 1 aromatic rings. The van der Waals surface area contributed by atoms with Crippen LogP contribution in [0, 0.1) is 6.92 Å². The zero-order valence-electron chi connectivity index (χ0n) is 6.32. The van der Waals surface area contributed by atoms with Crippen molar-refractivity contribution in [2.75, 3.05) is 0 Å². The quantitative estimate of drug-likeness (QED) is 0.690. The van der Waals surface area contributed by atoms with Gasteiger partial charge in [-0.25, -0.2) is 8.42 Å². The molecule has 0 saturated carbocycles. The third-order valence-electron chi connectivity index (χ3n) is 1.36. The van der Waals surface area contributed by atoms with Crippen molar-refractivity contribution >= 4 is 32.1 Å². The molecule has 1 aromatic carbocycles. The number of hydrogen-bond donors (Lipinski definition) is 0. The van der Waals surface area contributed by atoms with E-state index in [4.69, 9.17) is 10.7 Å². The highest BCUT2D eigenvalue weighted by atomic mass is 35.7. The fourth-order valence-corrected chi connectivity index (χ4v) is 2.04.